The van der Waals surface area contributed by atoms with Crippen LogP contribution < -0.4 is 4.74 Å². The van der Waals surface area contributed by atoms with Gasteiger partial charge in [-0.2, -0.15) is 5.10 Å². The van der Waals surface area contributed by atoms with Gasteiger partial charge in [0.2, 0.25) is 5.88 Å². The van der Waals surface area contributed by atoms with Crippen LogP contribution in [0.1, 0.15) is 50.0 Å². The molecule has 1 aliphatic rings. The van der Waals surface area contributed by atoms with Crippen LogP contribution in [0, 0.1) is 18.8 Å². The summed E-state index contributed by atoms with van der Waals surface area (Å²) in [6, 6.07) is 0. The van der Waals surface area contributed by atoms with Crippen LogP contribution in [0.3, 0.4) is 0 Å². The molecule has 0 saturated heterocycles. The van der Waals surface area contributed by atoms with Crippen molar-refractivity contribution in [3.05, 3.63) is 11.3 Å². The molecule has 0 aliphatic heterocycles. The van der Waals surface area contributed by atoms with Crippen LogP contribution >= 0.6 is 0 Å². The largest absolute Gasteiger partial charge is 0.481 e. The lowest BCUT2D eigenvalue weighted by atomic mass is 9.78. The van der Waals surface area contributed by atoms with Crippen molar-refractivity contribution in [2.75, 3.05) is 7.11 Å². The summed E-state index contributed by atoms with van der Waals surface area (Å²) in [7, 11) is 3.49. The highest BCUT2D eigenvalue weighted by molar-refractivity contribution is 5.33. The molecule has 3 atom stereocenters. The molecule has 2 rings (SSSR count). The number of aliphatic hydroxyl groups is 1. The molecule has 1 aromatic rings. The van der Waals surface area contributed by atoms with Crippen molar-refractivity contribution in [1.29, 1.82) is 0 Å². The lowest BCUT2D eigenvalue weighted by molar-refractivity contribution is 0.0686. The molecule has 0 spiro atoms. The first-order chi connectivity index (χ1) is 8.54. The molecule has 4 heteroatoms. The number of aryl methyl sites for hydroxylation is 2. The molecule has 1 N–H and O–H groups in total. The third-order valence-corrected chi connectivity index (χ3v) is 4.13. The average Bonchev–Trinajstić information content (AvgIpc) is 2.62. The molecular formula is C14H24N2O2. The Labute approximate surface area is 109 Å². The summed E-state index contributed by atoms with van der Waals surface area (Å²) < 4.78 is 7.08. The topological polar surface area (TPSA) is 47.3 Å². The number of hydrogen-bond acceptors (Lipinski definition) is 3. The molecule has 3 unspecified atom stereocenters. The maximum absolute atomic E-state index is 10.6. The van der Waals surface area contributed by atoms with Crippen LogP contribution in [0.4, 0.5) is 0 Å². The molecule has 0 bridgehead atoms. The van der Waals surface area contributed by atoms with E-state index >= 15 is 0 Å². The van der Waals surface area contributed by atoms with E-state index in [-0.39, 0.29) is 0 Å². The summed E-state index contributed by atoms with van der Waals surface area (Å²) in [6.45, 7) is 4.21. The van der Waals surface area contributed by atoms with Gasteiger partial charge in [-0.3, -0.25) is 0 Å². The Morgan fingerprint density at radius 2 is 2.17 bits per heavy atom. The summed E-state index contributed by atoms with van der Waals surface area (Å²) in [6.07, 6.45) is 4.25. The summed E-state index contributed by atoms with van der Waals surface area (Å²) in [4.78, 5) is 0. The fourth-order valence-electron chi connectivity index (χ4n) is 3.24. The van der Waals surface area contributed by atoms with Crippen LogP contribution in [-0.2, 0) is 7.05 Å². The predicted octanol–water partition coefficient (Wildman–Crippen LogP) is 2.60. The van der Waals surface area contributed by atoms with Gasteiger partial charge in [0.25, 0.3) is 0 Å². The SMILES string of the molecule is COc1c(C(O)C2CCCC(C)C2)c(C)nn1C. The van der Waals surface area contributed by atoms with E-state index in [1.807, 2.05) is 14.0 Å². The normalized spacial score (nSPS) is 26.1. The average molecular weight is 252 g/mol. The number of rotatable bonds is 3. The highest BCUT2D eigenvalue weighted by atomic mass is 16.5. The number of ether oxygens (including phenoxy) is 1. The van der Waals surface area contributed by atoms with Gasteiger partial charge in [0, 0.05) is 7.05 Å². The Morgan fingerprint density at radius 3 is 2.78 bits per heavy atom. The molecule has 0 amide bonds. The number of nitrogens with zero attached hydrogens (tertiary/aromatic N) is 2. The quantitative estimate of drug-likeness (QED) is 0.899. The number of hydrogen-bond donors (Lipinski definition) is 1. The number of aromatic nitrogens is 2. The molecule has 1 aliphatic carbocycles. The Kier molecular flexibility index (Phi) is 3.95. The van der Waals surface area contributed by atoms with Crippen LogP contribution in [0.25, 0.3) is 0 Å². The molecule has 18 heavy (non-hydrogen) atoms. The smallest absolute Gasteiger partial charge is 0.217 e. The van der Waals surface area contributed by atoms with Crippen LogP contribution in [0.5, 0.6) is 5.88 Å². The van der Waals surface area contributed by atoms with Gasteiger partial charge in [0.05, 0.1) is 24.5 Å². The number of methoxy groups -OCH3 is 1. The lowest BCUT2D eigenvalue weighted by Gasteiger charge is -2.30. The van der Waals surface area contributed by atoms with E-state index in [0.717, 1.165) is 24.1 Å². The molecular weight excluding hydrogens is 228 g/mol. The first-order valence-corrected chi connectivity index (χ1v) is 6.80. The molecule has 0 radical (unpaired) electrons. The maximum atomic E-state index is 10.6. The third-order valence-electron chi connectivity index (χ3n) is 4.13. The molecule has 102 valence electrons. The predicted molar refractivity (Wildman–Crippen MR) is 70.6 cm³/mol. The Balaban J connectivity index is 2.24. The lowest BCUT2D eigenvalue weighted by Crippen LogP contribution is -2.21. The second kappa shape index (κ2) is 5.31. The molecule has 1 fully saturated rings. The zero-order valence-electron chi connectivity index (χ0n) is 11.8. The molecule has 4 nitrogen and oxygen atoms in total. The van der Waals surface area contributed by atoms with Gasteiger partial charge >= 0.3 is 0 Å². The highest BCUT2D eigenvalue weighted by Crippen LogP contribution is 2.40. The Bertz CT molecular complexity index is 414. The summed E-state index contributed by atoms with van der Waals surface area (Å²) in [5.41, 5.74) is 1.75. The molecule has 1 aromatic heterocycles. The zero-order valence-corrected chi connectivity index (χ0v) is 11.8. The Morgan fingerprint density at radius 1 is 1.44 bits per heavy atom. The van der Waals surface area contributed by atoms with Gasteiger partial charge in [-0.1, -0.05) is 19.8 Å². The summed E-state index contributed by atoms with van der Waals surface area (Å²) >= 11 is 0. The second-order valence-electron chi connectivity index (χ2n) is 5.61. The fraction of sp³-hybridized carbons (Fsp3) is 0.786. The fourth-order valence-corrected chi connectivity index (χ4v) is 3.24. The van der Waals surface area contributed by atoms with Crippen LogP contribution in [0.15, 0.2) is 0 Å². The first-order valence-electron chi connectivity index (χ1n) is 6.80. The minimum absolute atomic E-state index is 0.338. The van der Waals surface area contributed by atoms with E-state index < -0.39 is 6.10 Å². The van der Waals surface area contributed by atoms with Gasteiger partial charge in [-0.05, 0) is 31.6 Å². The van der Waals surface area contributed by atoms with E-state index in [1.54, 1.807) is 11.8 Å². The van der Waals surface area contributed by atoms with E-state index in [9.17, 15) is 5.11 Å². The highest BCUT2D eigenvalue weighted by Gasteiger charge is 2.31. The van der Waals surface area contributed by atoms with Crippen LogP contribution in [-0.4, -0.2) is 22.0 Å². The first kappa shape index (κ1) is 13.4. The van der Waals surface area contributed by atoms with E-state index in [1.165, 1.54) is 12.8 Å². The van der Waals surface area contributed by atoms with Crippen molar-refractivity contribution in [2.45, 2.75) is 45.6 Å². The molecule has 1 saturated carbocycles. The zero-order chi connectivity index (χ0) is 13.3. The van der Waals surface area contributed by atoms with Crippen LogP contribution in [0.2, 0.25) is 0 Å². The standard InChI is InChI=1S/C14H24N2O2/c1-9-6-5-7-11(8-9)13(17)12-10(2)15-16(3)14(12)18-4/h9,11,13,17H,5-8H2,1-4H3. The van der Waals surface area contributed by atoms with Crippen molar-refractivity contribution < 1.29 is 9.84 Å². The minimum Gasteiger partial charge on any atom is -0.481 e. The van der Waals surface area contributed by atoms with Gasteiger partial charge in [-0.15, -0.1) is 0 Å². The van der Waals surface area contributed by atoms with Gasteiger partial charge in [-0.25, -0.2) is 4.68 Å². The number of aliphatic hydroxyl groups excluding tert-OH is 1. The van der Waals surface area contributed by atoms with Crippen molar-refractivity contribution in [3.63, 3.8) is 0 Å². The maximum Gasteiger partial charge on any atom is 0.217 e. The van der Waals surface area contributed by atoms with Crippen molar-refractivity contribution in [3.8, 4) is 5.88 Å². The second-order valence-corrected chi connectivity index (χ2v) is 5.61. The van der Waals surface area contributed by atoms with E-state index in [2.05, 4.69) is 12.0 Å². The van der Waals surface area contributed by atoms with Gasteiger partial charge < -0.3 is 9.84 Å². The molecule has 0 aromatic carbocycles. The third kappa shape index (κ3) is 2.39. The molecule has 1 heterocycles. The van der Waals surface area contributed by atoms with Gasteiger partial charge in [0.15, 0.2) is 0 Å². The van der Waals surface area contributed by atoms with Crippen molar-refractivity contribution >= 4 is 0 Å². The monoisotopic (exact) mass is 252 g/mol. The van der Waals surface area contributed by atoms with Crippen molar-refractivity contribution in [2.24, 2.45) is 18.9 Å². The van der Waals surface area contributed by atoms with Crippen molar-refractivity contribution in [1.82, 2.24) is 9.78 Å². The van der Waals surface area contributed by atoms with Gasteiger partial charge in [0.1, 0.15) is 0 Å². The summed E-state index contributed by atoms with van der Waals surface area (Å²) in [5, 5.41) is 15.0. The van der Waals surface area contributed by atoms with E-state index in [0.29, 0.717) is 17.7 Å². The minimum atomic E-state index is -0.448. The summed E-state index contributed by atoms with van der Waals surface area (Å²) in [5.74, 6) is 1.74. The van der Waals surface area contributed by atoms with E-state index in [4.69, 9.17) is 4.74 Å². The Hall–Kier alpha value is -1.03.